The smallest absolute Gasteiger partial charge is 0.129 e. The summed E-state index contributed by atoms with van der Waals surface area (Å²) in [6.45, 7) is 8.64. The molecular weight excluding hydrogens is 224 g/mol. The van der Waals surface area contributed by atoms with Gasteiger partial charge in [-0.05, 0) is 49.1 Å². The van der Waals surface area contributed by atoms with Crippen LogP contribution in [0.4, 0.5) is 5.82 Å². The highest BCUT2D eigenvalue weighted by atomic mass is 16.3. The van der Waals surface area contributed by atoms with Crippen LogP contribution in [0, 0.1) is 18.3 Å². The first-order valence-corrected chi connectivity index (χ1v) is 6.67. The topological polar surface area (TPSA) is 59.1 Å². The van der Waals surface area contributed by atoms with Crippen molar-refractivity contribution in [3.8, 4) is 0 Å². The molecule has 3 heteroatoms. The molecule has 0 spiro atoms. The number of hydrogen-bond donors (Lipinski definition) is 2. The number of aliphatic hydroxyl groups is 1. The van der Waals surface area contributed by atoms with Crippen LogP contribution in [0.3, 0.4) is 0 Å². The number of pyridine rings is 1. The first-order valence-electron chi connectivity index (χ1n) is 6.67. The summed E-state index contributed by atoms with van der Waals surface area (Å²) in [6.07, 6.45) is 4.37. The van der Waals surface area contributed by atoms with Gasteiger partial charge in [0.15, 0.2) is 0 Å². The third-order valence-electron chi connectivity index (χ3n) is 4.01. The van der Waals surface area contributed by atoms with Gasteiger partial charge in [-0.1, -0.05) is 20.8 Å². The highest BCUT2D eigenvalue weighted by Crippen LogP contribution is 2.50. The van der Waals surface area contributed by atoms with Crippen molar-refractivity contribution in [2.75, 3.05) is 5.73 Å². The lowest BCUT2D eigenvalue weighted by Crippen LogP contribution is -2.41. The number of nitrogens with two attached hydrogens (primary N) is 1. The van der Waals surface area contributed by atoms with Gasteiger partial charge in [0.05, 0.1) is 5.60 Å². The molecular formula is C15H24N2O. The largest absolute Gasteiger partial charge is 0.385 e. The molecule has 3 nitrogen and oxygen atoms in total. The SMILES string of the molecule is Cc1ccnc(N)c1C1(O)CC(C)CC(C)(C)C1. The van der Waals surface area contributed by atoms with Crippen LogP contribution < -0.4 is 5.73 Å². The van der Waals surface area contributed by atoms with E-state index in [0.717, 1.165) is 30.4 Å². The van der Waals surface area contributed by atoms with Gasteiger partial charge in [-0.15, -0.1) is 0 Å². The van der Waals surface area contributed by atoms with E-state index in [0.29, 0.717) is 11.7 Å². The van der Waals surface area contributed by atoms with Gasteiger partial charge in [-0.3, -0.25) is 0 Å². The first kappa shape index (κ1) is 13.3. The van der Waals surface area contributed by atoms with Crippen molar-refractivity contribution in [2.24, 2.45) is 11.3 Å². The first-order chi connectivity index (χ1) is 8.23. The molecule has 1 saturated carbocycles. The molecule has 1 aromatic rings. The summed E-state index contributed by atoms with van der Waals surface area (Å²) < 4.78 is 0. The van der Waals surface area contributed by atoms with Crippen LogP contribution in [0.1, 0.15) is 51.2 Å². The quantitative estimate of drug-likeness (QED) is 0.803. The van der Waals surface area contributed by atoms with E-state index in [-0.39, 0.29) is 5.41 Å². The average molecular weight is 248 g/mol. The minimum absolute atomic E-state index is 0.140. The zero-order chi connectivity index (χ0) is 13.6. The van der Waals surface area contributed by atoms with Crippen LogP contribution in [0.15, 0.2) is 12.3 Å². The summed E-state index contributed by atoms with van der Waals surface area (Å²) in [4.78, 5) is 4.15. The third kappa shape index (κ3) is 2.37. The fourth-order valence-electron chi connectivity index (χ4n) is 3.90. The normalized spacial score (nSPS) is 31.3. The van der Waals surface area contributed by atoms with Crippen molar-refractivity contribution in [1.29, 1.82) is 0 Å². The van der Waals surface area contributed by atoms with Crippen molar-refractivity contribution in [3.63, 3.8) is 0 Å². The Balaban J connectivity index is 2.47. The van der Waals surface area contributed by atoms with Crippen molar-refractivity contribution >= 4 is 5.82 Å². The van der Waals surface area contributed by atoms with Crippen LogP contribution in [0.5, 0.6) is 0 Å². The Kier molecular flexibility index (Phi) is 3.14. The highest BCUT2D eigenvalue weighted by Gasteiger charge is 2.44. The molecule has 1 fully saturated rings. The van der Waals surface area contributed by atoms with Gasteiger partial charge in [0.2, 0.25) is 0 Å². The number of aryl methyl sites for hydroxylation is 1. The lowest BCUT2D eigenvalue weighted by atomic mass is 9.63. The second-order valence-corrected chi connectivity index (χ2v) is 6.77. The Bertz CT molecular complexity index is 436. The molecule has 0 aromatic carbocycles. The number of aromatic nitrogens is 1. The number of nitrogen functional groups attached to an aromatic ring is 1. The predicted octanol–water partition coefficient (Wildman–Crippen LogP) is 3.01. The van der Waals surface area contributed by atoms with E-state index < -0.39 is 5.60 Å². The van der Waals surface area contributed by atoms with Gasteiger partial charge in [-0.25, -0.2) is 4.98 Å². The molecule has 1 heterocycles. The van der Waals surface area contributed by atoms with Crippen LogP contribution in [-0.4, -0.2) is 10.1 Å². The standard InChI is InChI=1S/C15H24N2O/c1-10-7-14(3,4)9-15(18,8-10)12-11(2)5-6-17-13(12)16/h5-6,10,18H,7-9H2,1-4H3,(H2,16,17). The minimum Gasteiger partial charge on any atom is -0.385 e. The molecule has 100 valence electrons. The van der Waals surface area contributed by atoms with Gasteiger partial charge in [0, 0.05) is 11.8 Å². The molecule has 18 heavy (non-hydrogen) atoms. The zero-order valence-electron chi connectivity index (χ0n) is 11.8. The molecule has 1 aliphatic rings. The average Bonchev–Trinajstić information content (AvgIpc) is 2.11. The zero-order valence-corrected chi connectivity index (χ0v) is 11.8. The summed E-state index contributed by atoms with van der Waals surface area (Å²) >= 11 is 0. The van der Waals surface area contributed by atoms with E-state index >= 15 is 0 Å². The second kappa shape index (κ2) is 4.23. The maximum atomic E-state index is 11.1. The number of hydrogen-bond acceptors (Lipinski definition) is 3. The third-order valence-corrected chi connectivity index (χ3v) is 4.01. The molecule has 2 rings (SSSR count). The van der Waals surface area contributed by atoms with Crippen LogP contribution >= 0.6 is 0 Å². The molecule has 2 unspecified atom stereocenters. The summed E-state index contributed by atoms with van der Waals surface area (Å²) in [5.74, 6) is 0.972. The van der Waals surface area contributed by atoms with E-state index in [1.807, 2.05) is 13.0 Å². The monoisotopic (exact) mass is 248 g/mol. The summed E-state index contributed by atoms with van der Waals surface area (Å²) in [5.41, 5.74) is 7.19. The summed E-state index contributed by atoms with van der Waals surface area (Å²) in [7, 11) is 0. The number of anilines is 1. The molecule has 0 aliphatic heterocycles. The van der Waals surface area contributed by atoms with Crippen LogP contribution in [0.2, 0.25) is 0 Å². The Morgan fingerprint density at radius 1 is 1.39 bits per heavy atom. The predicted molar refractivity (Wildman–Crippen MR) is 74.1 cm³/mol. The second-order valence-electron chi connectivity index (χ2n) is 6.77. The fourth-order valence-corrected chi connectivity index (χ4v) is 3.90. The molecule has 0 bridgehead atoms. The fraction of sp³-hybridized carbons (Fsp3) is 0.667. The van der Waals surface area contributed by atoms with Gasteiger partial charge in [0.1, 0.15) is 5.82 Å². The lowest BCUT2D eigenvalue weighted by Gasteiger charge is -2.45. The van der Waals surface area contributed by atoms with Gasteiger partial charge in [0.25, 0.3) is 0 Å². The summed E-state index contributed by atoms with van der Waals surface area (Å²) in [5, 5.41) is 11.1. The number of nitrogens with zero attached hydrogens (tertiary/aromatic N) is 1. The van der Waals surface area contributed by atoms with E-state index in [1.165, 1.54) is 0 Å². The van der Waals surface area contributed by atoms with Crippen molar-refractivity contribution in [3.05, 3.63) is 23.4 Å². The molecule has 0 amide bonds. The van der Waals surface area contributed by atoms with Crippen LogP contribution in [0.25, 0.3) is 0 Å². The maximum absolute atomic E-state index is 11.1. The molecule has 1 aromatic heterocycles. The molecule has 0 saturated heterocycles. The van der Waals surface area contributed by atoms with Gasteiger partial charge < -0.3 is 10.8 Å². The Labute approximate surface area is 109 Å². The minimum atomic E-state index is -0.830. The Morgan fingerprint density at radius 2 is 2.06 bits per heavy atom. The van der Waals surface area contributed by atoms with Crippen molar-refractivity contribution in [2.45, 2.75) is 52.6 Å². The van der Waals surface area contributed by atoms with E-state index in [2.05, 4.69) is 25.8 Å². The number of rotatable bonds is 1. The van der Waals surface area contributed by atoms with E-state index in [9.17, 15) is 5.11 Å². The van der Waals surface area contributed by atoms with Gasteiger partial charge in [-0.2, -0.15) is 0 Å². The maximum Gasteiger partial charge on any atom is 0.129 e. The van der Waals surface area contributed by atoms with Crippen molar-refractivity contribution in [1.82, 2.24) is 4.98 Å². The Morgan fingerprint density at radius 3 is 2.61 bits per heavy atom. The summed E-state index contributed by atoms with van der Waals surface area (Å²) in [6, 6.07) is 1.93. The Hall–Kier alpha value is -1.09. The lowest BCUT2D eigenvalue weighted by molar-refractivity contribution is -0.0635. The van der Waals surface area contributed by atoms with E-state index in [4.69, 9.17) is 5.73 Å². The van der Waals surface area contributed by atoms with Gasteiger partial charge >= 0.3 is 0 Å². The highest BCUT2D eigenvalue weighted by molar-refractivity contribution is 5.48. The molecule has 0 radical (unpaired) electrons. The van der Waals surface area contributed by atoms with Crippen LogP contribution in [-0.2, 0) is 5.60 Å². The molecule has 3 N–H and O–H groups in total. The molecule has 2 atom stereocenters. The van der Waals surface area contributed by atoms with Crippen molar-refractivity contribution < 1.29 is 5.11 Å². The molecule has 1 aliphatic carbocycles. The van der Waals surface area contributed by atoms with E-state index in [1.54, 1.807) is 6.20 Å².